The lowest BCUT2D eigenvalue weighted by molar-refractivity contribution is 0.495. The minimum atomic E-state index is 0.460. The van der Waals surface area contributed by atoms with Gasteiger partial charge in [0.1, 0.15) is 5.82 Å². The van der Waals surface area contributed by atoms with Crippen LogP contribution in [0.2, 0.25) is 0 Å². The Bertz CT molecular complexity index is 769. The van der Waals surface area contributed by atoms with E-state index in [9.17, 15) is 0 Å². The first-order valence-corrected chi connectivity index (χ1v) is 8.47. The molecule has 1 fully saturated rings. The van der Waals surface area contributed by atoms with Gasteiger partial charge in [-0.1, -0.05) is 30.3 Å². The van der Waals surface area contributed by atoms with Crippen LogP contribution in [-0.4, -0.2) is 33.3 Å². The van der Waals surface area contributed by atoms with Gasteiger partial charge in [-0.2, -0.15) is 5.10 Å². The lowest BCUT2D eigenvalue weighted by atomic mass is 9.91. The van der Waals surface area contributed by atoms with Crippen molar-refractivity contribution in [3.8, 4) is 0 Å². The Labute approximate surface area is 141 Å². The van der Waals surface area contributed by atoms with E-state index in [1.165, 1.54) is 23.2 Å². The van der Waals surface area contributed by atoms with Crippen molar-refractivity contribution in [1.82, 2.24) is 20.2 Å². The Morgan fingerprint density at radius 2 is 2.04 bits per heavy atom. The quantitative estimate of drug-likeness (QED) is 0.802. The highest BCUT2D eigenvalue weighted by molar-refractivity contribution is 5.38. The van der Waals surface area contributed by atoms with Crippen molar-refractivity contribution in [1.29, 1.82) is 0 Å². The molecule has 3 aromatic rings. The molecule has 2 aromatic heterocycles. The third-order valence-electron chi connectivity index (χ3n) is 4.69. The van der Waals surface area contributed by atoms with Gasteiger partial charge in [-0.25, -0.2) is 4.98 Å². The van der Waals surface area contributed by atoms with Gasteiger partial charge >= 0.3 is 0 Å². The molecule has 122 valence electrons. The molecule has 5 heteroatoms. The lowest BCUT2D eigenvalue weighted by Crippen LogP contribution is -2.35. The zero-order valence-electron chi connectivity index (χ0n) is 13.6. The number of rotatable bonds is 4. The average Bonchev–Trinajstić information content (AvgIpc) is 3.12. The highest BCUT2D eigenvalue weighted by Gasteiger charge is 2.25. The fraction of sp³-hybridized carbons (Fsp3) is 0.316. The zero-order chi connectivity index (χ0) is 16.2. The number of nitrogens with one attached hydrogen (secondary N) is 1. The summed E-state index contributed by atoms with van der Waals surface area (Å²) >= 11 is 0. The van der Waals surface area contributed by atoms with Crippen LogP contribution in [-0.2, 0) is 6.42 Å². The largest absolute Gasteiger partial charge is 0.355 e. The number of aromatic nitrogens is 4. The van der Waals surface area contributed by atoms with Gasteiger partial charge in [0.2, 0.25) is 0 Å². The number of H-pyrrole nitrogens is 1. The first kappa shape index (κ1) is 14.9. The molecule has 1 N–H and O–H groups in total. The fourth-order valence-electron chi connectivity index (χ4n) is 3.51. The van der Waals surface area contributed by atoms with Gasteiger partial charge in [-0.05, 0) is 24.0 Å². The summed E-state index contributed by atoms with van der Waals surface area (Å²) in [5.74, 6) is 1.42. The van der Waals surface area contributed by atoms with Crippen molar-refractivity contribution in [3.63, 3.8) is 0 Å². The third-order valence-corrected chi connectivity index (χ3v) is 4.69. The summed E-state index contributed by atoms with van der Waals surface area (Å²) in [7, 11) is 0. The van der Waals surface area contributed by atoms with Crippen LogP contribution in [0.1, 0.15) is 35.6 Å². The van der Waals surface area contributed by atoms with E-state index < -0.39 is 0 Å². The second-order valence-electron chi connectivity index (χ2n) is 6.32. The number of hydrogen-bond donors (Lipinski definition) is 1. The van der Waals surface area contributed by atoms with Crippen LogP contribution in [0.15, 0.2) is 55.1 Å². The van der Waals surface area contributed by atoms with Gasteiger partial charge < -0.3 is 4.90 Å². The maximum Gasteiger partial charge on any atom is 0.147 e. The Kier molecular flexibility index (Phi) is 4.23. The van der Waals surface area contributed by atoms with Gasteiger partial charge in [0.05, 0.1) is 12.4 Å². The van der Waals surface area contributed by atoms with Crippen LogP contribution in [0.5, 0.6) is 0 Å². The van der Waals surface area contributed by atoms with E-state index in [1.807, 2.05) is 12.4 Å². The molecule has 1 aromatic carbocycles. The molecule has 0 bridgehead atoms. The summed E-state index contributed by atoms with van der Waals surface area (Å²) in [5, 5.41) is 7.57. The van der Waals surface area contributed by atoms with Crippen LogP contribution in [0.4, 0.5) is 5.82 Å². The van der Waals surface area contributed by atoms with Crippen LogP contribution in [0.25, 0.3) is 0 Å². The molecular formula is C19H21N5. The molecule has 1 aliphatic heterocycles. The maximum atomic E-state index is 4.45. The molecule has 1 atom stereocenters. The predicted molar refractivity (Wildman–Crippen MR) is 94.1 cm³/mol. The number of benzene rings is 1. The molecule has 3 heterocycles. The Balaban J connectivity index is 1.53. The average molecular weight is 319 g/mol. The maximum absolute atomic E-state index is 4.45. The van der Waals surface area contributed by atoms with Gasteiger partial charge in [0.15, 0.2) is 0 Å². The standard InChI is InChI=1S/C19H21N5/c1-2-5-15(6-3-1)11-17-12-22-23-19(17)16-7-4-10-24(14-16)18-13-20-8-9-21-18/h1-3,5-6,8-9,12-13,16H,4,7,10-11,14H2,(H,22,23)/t16-/m1/s1. The summed E-state index contributed by atoms with van der Waals surface area (Å²) in [6, 6.07) is 10.6. The molecular weight excluding hydrogens is 298 g/mol. The normalized spacial score (nSPS) is 17.8. The number of hydrogen-bond acceptors (Lipinski definition) is 4. The van der Waals surface area contributed by atoms with Gasteiger partial charge in [-0.15, -0.1) is 0 Å². The molecule has 0 spiro atoms. The minimum absolute atomic E-state index is 0.460. The minimum Gasteiger partial charge on any atom is -0.355 e. The number of nitrogens with zero attached hydrogens (tertiary/aromatic N) is 4. The first-order valence-electron chi connectivity index (χ1n) is 8.47. The van der Waals surface area contributed by atoms with Crippen molar-refractivity contribution in [2.45, 2.75) is 25.2 Å². The molecule has 1 saturated heterocycles. The van der Waals surface area contributed by atoms with Crippen LogP contribution < -0.4 is 4.90 Å². The van der Waals surface area contributed by atoms with E-state index in [-0.39, 0.29) is 0 Å². The Morgan fingerprint density at radius 1 is 1.12 bits per heavy atom. The summed E-state index contributed by atoms with van der Waals surface area (Å²) in [4.78, 5) is 11.0. The number of piperidine rings is 1. The highest BCUT2D eigenvalue weighted by Crippen LogP contribution is 2.30. The van der Waals surface area contributed by atoms with E-state index in [0.29, 0.717) is 5.92 Å². The van der Waals surface area contributed by atoms with Gasteiger partial charge in [-0.3, -0.25) is 10.1 Å². The third kappa shape index (κ3) is 3.15. The molecule has 0 saturated carbocycles. The van der Waals surface area contributed by atoms with Gasteiger partial charge in [0.25, 0.3) is 0 Å². The van der Waals surface area contributed by atoms with E-state index in [0.717, 1.165) is 31.7 Å². The Hall–Kier alpha value is -2.69. The molecule has 4 rings (SSSR count). The van der Waals surface area contributed by atoms with Gasteiger partial charge in [0, 0.05) is 43.5 Å². The first-order chi connectivity index (χ1) is 11.9. The van der Waals surface area contributed by atoms with Crippen molar-refractivity contribution >= 4 is 5.82 Å². The predicted octanol–water partition coefficient (Wildman–Crippen LogP) is 3.17. The topological polar surface area (TPSA) is 57.7 Å². The number of aromatic amines is 1. The van der Waals surface area contributed by atoms with Crippen molar-refractivity contribution < 1.29 is 0 Å². The molecule has 0 unspecified atom stereocenters. The van der Waals surface area contributed by atoms with Crippen LogP contribution in [0, 0.1) is 0 Å². The smallest absolute Gasteiger partial charge is 0.147 e. The molecule has 0 aliphatic carbocycles. The second kappa shape index (κ2) is 6.83. The monoisotopic (exact) mass is 319 g/mol. The fourth-order valence-corrected chi connectivity index (χ4v) is 3.51. The molecule has 0 radical (unpaired) electrons. The SMILES string of the molecule is c1ccc(Cc2cn[nH]c2[C@@H]2CCCN(c3cnccn3)C2)cc1. The van der Waals surface area contributed by atoms with Crippen molar-refractivity contribution in [2.75, 3.05) is 18.0 Å². The molecule has 24 heavy (non-hydrogen) atoms. The van der Waals surface area contributed by atoms with E-state index in [1.54, 1.807) is 12.4 Å². The van der Waals surface area contributed by atoms with Crippen LogP contribution in [0.3, 0.4) is 0 Å². The van der Waals surface area contributed by atoms with Crippen LogP contribution >= 0.6 is 0 Å². The Morgan fingerprint density at radius 3 is 2.88 bits per heavy atom. The molecule has 5 nitrogen and oxygen atoms in total. The lowest BCUT2D eigenvalue weighted by Gasteiger charge is -2.33. The summed E-state index contributed by atoms with van der Waals surface area (Å²) in [6.45, 7) is 2.00. The van der Waals surface area contributed by atoms with E-state index in [2.05, 4.69) is 55.4 Å². The second-order valence-corrected chi connectivity index (χ2v) is 6.32. The molecule has 0 amide bonds. The summed E-state index contributed by atoms with van der Waals surface area (Å²) in [6.07, 6.45) is 10.6. The number of anilines is 1. The zero-order valence-corrected chi connectivity index (χ0v) is 13.6. The highest BCUT2D eigenvalue weighted by atomic mass is 15.2. The summed E-state index contributed by atoms with van der Waals surface area (Å²) < 4.78 is 0. The van der Waals surface area contributed by atoms with E-state index in [4.69, 9.17) is 0 Å². The van der Waals surface area contributed by atoms with Crippen molar-refractivity contribution in [3.05, 3.63) is 71.9 Å². The van der Waals surface area contributed by atoms with E-state index >= 15 is 0 Å². The van der Waals surface area contributed by atoms with Crippen molar-refractivity contribution in [2.24, 2.45) is 0 Å². The molecule has 1 aliphatic rings. The summed E-state index contributed by atoms with van der Waals surface area (Å²) in [5.41, 5.74) is 3.89.